The van der Waals surface area contributed by atoms with Gasteiger partial charge in [0.05, 0.1) is 24.3 Å². The number of thiazole rings is 1. The molecule has 0 saturated heterocycles. The lowest BCUT2D eigenvalue weighted by atomic mass is 10.4. The van der Waals surface area contributed by atoms with Crippen LogP contribution in [0, 0.1) is 6.92 Å². The Morgan fingerprint density at radius 3 is 2.86 bits per heavy atom. The molecule has 0 bridgehead atoms. The van der Waals surface area contributed by atoms with E-state index in [1.54, 1.807) is 37.3 Å². The summed E-state index contributed by atoms with van der Waals surface area (Å²) < 4.78 is 5.77. The molecule has 2 aromatic rings. The Labute approximate surface area is 129 Å². The number of aryl methyl sites for hydroxylation is 1. The number of rotatable bonds is 6. The maximum atomic E-state index is 12.0. The van der Waals surface area contributed by atoms with Gasteiger partial charge in [0.25, 0.3) is 0 Å². The van der Waals surface area contributed by atoms with Gasteiger partial charge in [-0.15, -0.1) is 11.3 Å². The second kappa shape index (κ2) is 6.77. The highest BCUT2D eigenvalue weighted by Crippen LogP contribution is 2.27. The monoisotopic (exact) mass is 326 g/mol. The molecule has 1 amide bonds. The molecule has 0 aliphatic rings. The third-order valence-corrected chi connectivity index (χ3v) is 4.96. The van der Waals surface area contributed by atoms with Gasteiger partial charge in [0.2, 0.25) is 5.91 Å². The van der Waals surface area contributed by atoms with Gasteiger partial charge >= 0.3 is 5.97 Å². The lowest BCUT2D eigenvalue weighted by molar-refractivity contribution is -0.127. The van der Waals surface area contributed by atoms with Crippen LogP contribution in [0.2, 0.25) is 0 Å². The molecule has 1 N–H and O–H groups in total. The van der Waals surface area contributed by atoms with E-state index in [-0.39, 0.29) is 16.5 Å². The molecule has 0 spiro atoms. The Hall–Kier alpha value is -1.80. The van der Waals surface area contributed by atoms with Gasteiger partial charge in [0.15, 0.2) is 4.34 Å². The minimum atomic E-state index is -0.988. The average molecular weight is 326 g/mol. The van der Waals surface area contributed by atoms with Crippen molar-refractivity contribution in [3.8, 4) is 0 Å². The maximum absolute atomic E-state index is 12.0. The number of carboxylic acids is 1. The van der Waals surface area contributed by atoms with E-state index < -0.39 is 5.97 Å². The Morgan fingerprint density at radius 2 is 2.29 bits per heavy atom. The summed E-state index contributed by atoms with van der Waals surface area (Å²) in [6, 6.07) is 3.58. The number of carbonyl (C=O) groups excluding carboxylic acids is 1. The zero-order valence-corrected chi connectivity index (χ0v) is 13.2. The number of amides is 1. The Kier molecular flexibility index (Phi) is 5.03. The summed E-state index contributed by atoms with van der Waals surface area (Å²) in [4.78, 5) is 28.9. The normalized spacial score (nSPS) is 10.6. The molecule has 0 saturated carbocycles. The first kappa shape index (κ1) is 15.6. The van der Waals surface area contributed by atoms with E-state index in [4.69, 9.17) is 9.52 Å². The highest BCUT2D eigenvalue weighted by Gasteiger charge is 2.16. The molecule has 2 rings (SSSR count). The number of thioether (sulfide) groups is 1. The molecule has 0 aromatic carbocycles. The van der Waals surface area contributed by atoms with Crippen molar-refractivity contribution in [3.05, 3.63) is 34.7 Å². The van der Waals surface area contributed by atoms with E-state index in [1.165, 1.54) is 11.8 Å². The standard InChI is InChI=1S/C13H14N2O4S2/c1-8-11(12(17)18)21-13(14-8)20-7-10(16)15(2)6-9-4-3-5-19-9/h3-5H,6-7H2,1-2H3,(H,17,18). The van der Waals surface area contributed by atoms with Gasteiger partial charge in [-0.25, -0.2) is 9.78 Å². The minimum absolute atomic E-state index is 0.0684. The van der Waals surface area contributed by atoms with E-state index in [1.807, 2.05) is 0 Å². The first-order chi connectivity index (χ1) is 9.97. The van der Waals surface area contributed by atoms with Crippen LogP contribution in [0.3, 0.4) is 0 Å². The molecule has 2 heterocycles. The molecular formula is C13H14N2O4S2. The Bertz CT molecular complexity index is 637. The molecule has 112 valence electrons. The van der Waals surface area contributed by atoms with E-state index in [2.05, 4.69) is 4.98 Å². The van der Waals surface area contributed by atoms with Crippen molar-refractivity contribution in [1.29, 1.82) is 0 Å². The van der Waals surface area contributed by atoms with Crippen molar-refractivity contribution >= 4 is 35.0 Å². The lowest BCUT2D eigenvalue weighted by Gasteiger charge is -2.14. The van der Waals surface area contributed by atoms with Gasteiger partial charge < -0.3 is 14.4 Å². The van der Waals surface area contributed by atoms with Crippen LogP contribution in [0.4, 0.5) is 0 Å². The molecule has 0 atom stereocenters. The van der Waals surface area contributed by atoms with Crippen LogP contribution in [-0.2, 0) is 11.3 Å². The van der Waals surface area contributed by atoms with Crippen LogP contribution < -0.4 is 0 Å². The number of aromatic carboxylic acids is 1. The fraction of sp³-hybridized carbons (Fsp3) is 0.308. The van der Waals surface area contributed by atoms with Gasteiger partial charge in [-0.2, -0.15) is 0 Å². The van der Waals surface area contributed by atoms with Gasteiger partial charge in [-0.05, 0) is 19.1 Å². The topological polar surface area (TPSA) is 83.6 Å². The smallest absolute Gasteiger partial charge is 0.347 e. The molecule has 0 aliphatic carbocycles. The second-order valence-corrected chi connectivity index (χ2v) is 6.54. The first-order valence-electron chi connectivity index (χ1n) is 6.07. The van der Waals surface area contributed by atoms with Gasteiger partial charge in [-0.1, -0.05) is 11.8 Å². The van der Waals surface area contributed by atoms with Crippen LogP contribution in [0.5, 0.6) is 0 Å². The summed E-state index contributed by atoms with van der Waals surface area (Å²) in [5.41, 5.74) is 0.478. The minimum Gasteiger partial charge on any atom is -0.477 e. The number of nitrogens with zero attached hydrogens (tertiary/aromatic N) is 2. The SMILES string of the molecule is Cc1nc(SCC(=O)N(C)Cc2ccco2)sc1C(=O)O. The second-order valence-electron chi connectivity index (χ2n) is 4.32. The van der Waals surface area contributed by atoms with Crippen molar-refractivity contribution in [3.63, 3.8) is 0 Å². The largest absolute Gasteiger partial charge is 0.477 e. The summed E-state index contributed by atoms with van der Waals surface area (Å²) in [7, 11) is 1.70. The summed E-state index contributed by atoms with van der Waals surface area (Å²) >= 11 is 2.33. The predicted octanol–water partition coefficient (Wildman–Crippen LogP) is 2.49. The van der Waals surface area contributed by atoms with Crippen LogP contribution in [0.1, 0.15) is 21.1 Å². The van der Waals surface area contributed by atoms with Gasteiger partial charge in [0.1, 0.15) is 10.6 Å². The summed E-state index contributed by atoms with van der Waals surface area (Å²) in [5.74, 6) is -0.128. The van der Waals surface area contributed by atoms with Crippen LogP contribution >= 0.6 is 23.1 Å². The zero-order chi connectivity index (χ0) is 15.4. The molecule has 8 heteroatoms. The third-order valence-electron chi connectivity index (χ3n) is 2.69. The van der Waals surface area contributed by atoms with Crippen molar-refractivity contribution in [2.75, 3.05) is 12.8 Å². The highest BCUT2D eigenvalue weighted by atomic mass is 32.2. The van der Waals surface area contributed by atoms with E-state index in [9.17, 15) is 9.59 Å². The van der Waals surface area contributed by atoms with Crippen molar-refractivity contribution < 1.29 is 19.1 Å². The van der Waals surface area contributed by atoms with E-state index in [0.29, 0.717) is 22.3 Å². The fourth-order valence-electron chi connectivity index (χ4n) is 1.59. The Balaban J connectivity index is 1.88. The van der Waals surface area contributed by atoms with Gasteiger partial charge in [0, 0.05) is 7.05 Å². The van der Waals surface area contributed by atoms with Crippen LogP contribution in [-0.4, -0.2) is 39.7 Å². The van der Waals surface area contributed by atoms with Crippen molar-refractivity contribution in [2.45, 2.75) is 17.8 Å². The predicted molar refractivity (Wildman–Crippen MR) is 79.7 cm³/mol. The molecule has 0 unspecified atom stereocenters. The number of carbonyl (C=O) groups is 2. The maximum Gasteiger partial charge on any atom is 0.347 e. The van der Waals surface area contributed by atoms with E-state index >= 15 is 0 Å². The van der Waals surface area contributed by atoms with Crippen LogP contribution in [0.25, 0.3) is 0 Å². The fourth-order valence-corrected chi connectivity index (χ4v) is 3.56. The summed E-state index contributed by atoms with van der Waals surface area (Å²) in [6.07, 6.45) is 1.56. The van der Waals surface area contributed by atoms with E-state index in [0.717, 1.165) is 11.3 Å². The summed E-state index contributed by atoms with van der Waals surface area (Å²) in [5, 5.41) is 8.96. The quantitative estimate of drug-likeness (QED) is 0.821. The third kappa shape index (κ3) is 4.08. The first-order valence-corrected chi connectivity index (χ1v) is 7.87. The number of aromatic nitrogens is 1. The molecule has 0 radical (unpaired) electrons. The van der Waals surface area contributed by atoms with Crippen LogP contribution in [0.15, 0.2) is 27.2 Å². The zero-order valence-electron chi connectivity index (χ0n) is 11.5. The Morgan fingerprint density at radius 1 is 1.52 bits per heavy atom. The lowest BCUT2D eigenvalue weighted by Crippen LogP contribution is -2.27. The summed E-state index contributed by atoms with van der Waals surface area (Å²) in [6.45, 7) is 2.05. The molecular weight excluding hydrogens is 312 g/mol. The number of carboxylic acid groups (broad SMARTS) is 1. The number of furan rings is 1. The average Bonchev–Trinajstić information content (AvgIpc) is 3.05. The van der Waals surface area contributed by atoms with Crippen molar-refractivity contribution in [2.24, 2.45) is 0 Å². The molecule has 0 aliphatic heterocycles. The number of hydrogen-bond acceptors (Lipinski definition) is 6. The van der Waals surface area contributed by atoms with Gasteiger partial charge in [-0.3, -0.25) is 4.79 Å². The molecule has 2 aromatic heterocycles. The highest BCUT2D eigenvalue weighted by molar-refractivity contribution is 8.01. The number of hydrogen-bond donors (Lipinski definition) is 1. The molecule has 21 heavy (non-hydrogen) atoms. The molecule has 6 nitrogen and oxygen atoms in total. The van der Waals surface area contributed by atoms with Crippen molar-refractivity contribution in [1.82, 2.24) is 9.88 Å². The molecule has 0 fully saturated rings.